The first-order valence-electron chi connectivity index (χ1n) is 9.16. The number of sulfonamides is 1. The van der Waals surface area contributed by atoms with Crippen LogP contribution in [0.1, 0.15) is 11.0 Å². The lowest BCUT2D eigenvalue weighted by molar-refractivity contribution is 0.184. The van der Waals surface area contributed by atoms with Gasteiger partial charge in [-0.2, -0.15) is 11.8 Å². The Balaban J connectivity index is 1.46. The minimum absolute atomic E-state index is 0.0250. The molecule has 1 fully saturated rings. The first-order valence-corrected chi connectivity index (χ1v) is 12.7. The Morgan fingerprint density at radius 1 is 1.29 bits per heavy atom. The summed E-state index contributed by atoms with van der Waals surface area (Å²) >= 11 is 3.35. The SMILES string of the molecule is CN=C(NCCS(=O)(=O)N1CCSCC1)NCC(O)c1cc2ccccc2s1. The summed E-state index contributed by atoms with van der Waals surface area (Å²) in [4.78, 5) is 4.99. The van der Waals surface area contributed by atoms with Crippen LogP contribution in [-0.2, 0) is 10.0 Å². The molecule has 10 heteroatoms. The summed E-state index contributed by atoms with van der Waals surface area (Å²) in [6.45, 7) is 1.73. The largest absolute Gasteiger partial charge is 0.386 e. The van der Waals surface area contributed by atoms with E-state index in [1.54, 1.807) is 34.5 Å². The third-order valence-corrected chi connectivity index (χ3v) is 8.51. The molecule has 28 heavy (non-hydrogen) atoms. The molecule has 3 N–H and O–H groups in total. The number of rotatable bonds is 7. The highest BCUT2D eigenvalue weighted by atomic mass is 32.2. The molecule has 1 aliphatic heterocycles. The zero-order valence-corrected chi connectivity index (χ0v) is 18.2. The number of guanidine groups is 1. The molecule has 0 radical (unpaired) electrons. The summed E-state index contributed by atoms with van der Waals surface area (Å²) in [5.41, 5.74) is 0. The summed E-state index contributed by atoms with van der Waals surface area (Å²) in [6.07, 6.45) is -0.662. The van der Waals surface area contributed by atoms with Gasteiger partial charge in [-0.1, -0.05) is 18.2 Å². The number of nitrogens with zero attached hydrogens (tertiary/aromatic N) is 2. The fourth-order valence-electron chi connectivity index (χ4n) is 2.93. The van der Waals surface area contributed by atoms with Gasteiger partial charge in [-0.25, -0.2) is 12.7 Å². The normalized spacial score (nSPS) is 17.6. The number of hydrogen-bond acceptors (Lipinski definition) is 6. The molecule has 2 aromatic rings. The predicted octanol–water partition coefficient (Wildman–Crippen LogP) is 1.48. The lowest BCUT2D eigenvalue weighted by Gasteiger charge is -2.25. The van der Waals surface area contributed by atoms with E-state index in [0.717, 1.165) is 26.5 Å². The van der Waals surface area contributed by atoms with Crippen LogP contribution in [0.25, 0.3) is 10.1 Å². The van der Waals surface area contributed by atoms with Crippen LogP contribution in [-0.4, -0.2) is 74.3 Å². The van der Waals surface area contributed by atoms with E-state index >= 15 is 0 Å². The molecule has 0 aliphatic carbocycles. The quantitative estimate of drug-likeness (QED) is 0.444. The molecule has 0 saturated carbocycles. The van der Waals surface area contributed by atoms with Gasteiger partial charge in [-0.05, 0) is 17.5 Å². The van der Waals surface area contributed by atoms with E-state index in [1.807, 2.05) is 30.3 Å². The smallest absolute Gasteiger partial charge is 0.215 e. The molecule has 3 rings (SSSR count). The van der Waals surface area contributed by atoms with Gasteiger partial charge in [-0.3, -0.25) is 4.99 Å². The number of thioether (sulfide) groups is 1. The molecule has 7 nitrogen and oxygen atoms in total. The van der Waals surface area contributed by atoms with Crippen molar-refractivity contribution in [3.8, 4) is 0 Å². The maximum atomic E-state index is 12.4. The monoisotopic (exact) mass is 442 g/mol. The van der Waals surface area contributed by atoms with Crippen LogP contribution in [0.5, 0.6) is 0 Å². The second-order valence-corrected chi connectivity index (χ2v) is 10.8. The second-order valence-electron chi connectivity index (χ2n) is 6.41. The maximum absolute atomic E-state index is 12.4. The van der Waals surface area contributed by atoms with Crippen molar-refractivity contribution in [1.82, 2.24) is 14.9 Å². The van der Waals surface area contributed by atoms with Gasteiger partial charge >= 0.3 is 0 Å². The topological polar surface area (TPSA) is 94.0 Å². The predicted molar refractivity (Wildman–Crippen MR) is 119 cm³/mol. The average Bonchev–Trinajstić information content (AvgIpc) is 3.15. The van der Waals surface area contributed by atoms with Crippen molar-refractivity contribution in [2.45, 2.75) is 6.10 Å². The minimum Gasteiger partial charge on any atom is -0.386 e. The number of fused-ring (bicyclic) bond motifs is 1. The first kappa shape index (κ1) is 21.4. The zero-order valence-electron chi connectivity index (χ0n) is 15.8. The third kappa shape index (κ3) is 5.60. The van der Waals surface area contributed by atoms with Gasteiger partial charge in [0.25, 0.3) is 0 Å². The van der Waals surface area contributed by atoms with Gasteiger partial charge < -0.3 is 15.7 Å². The van der Waals surface area contributed by atoms with Crippen molar-refractivity contribution in [2.75, 3.05) is 50.5 Å². The molecule has 1 aromatic carbocycles. The van der Waals surface area contributed by atoms with Gasteiger partial charge in [-0.15, -0.1) is 11.3 Å². The van der Waals surface area contributed by atoms with Crippen LogP contribution in [0, 0.1) is 0 Å². The standard InChI is InChI=1S/C18H26N4O3S3/c1-19-18(20-6-11-28(24,25)22-7-9-26-10-8-22)21-13-15(23)17-12-14-4-2-3-5-16(14)27-17/h2-5,12,15,23H,6-11,13H2,1H3,(H2,19,20,21). The molecular weight excluding hydrogens is 416 g/mol. The van der Waals surface area contributed by atoms with Crippen LogP contribution >= 0.6 is 23.1 Å². The van der Waals surface area contributed by atoms with Gasteiger partial charge in [0.05, 0.1) is 5.75 Å². The van der Waals surface area contributed by atoms with Crippen molar-refractivity contribution in [2.24, 2.45) is 4.99 Å². The van der Waals surface area contributed by atoms with Crippen LogP contribution in [0.4, 0.5) is 0 Å². The number of aliphatic imine (C=N–C) groups is 1. The van der Waals surface area contributed by atoms with E-state index in [4.69, 9.17) is 0 Å². The third-order valence-electron chi connectivity index (χ3n) is 4.48. The van der Waals surface area contributed by atoms with Crippen molar-refractivity contribution < 1.29 is 13.5 Å². The number of thiophene rings is 1. The summed E-state index contributed by atoms with van der Waals surface area (Å²) < 4.78 is 27.4. The van der Waals surface area contributed by atoms with Gasteiger partial charge in [0, 0.05) is 54.3 Å². The molecular formula is C18H26N4O3S3. The van der Waals surface area contributed by atoms with E-state index in [0.29, 0.717) is 25.6 Å². The fraction of sp³-hybridized carbons (Fsp3) is 0.500. The summed E-state index contributed by atoms with van der Waals surface area (Å²) in [5, 5.41) is 17.6. The van der Waals surface area contributed by atoms with Gasteiger partial charge in [0.15, 0.2) is 5.96 Å². The van der Waals surface area contributed by atoms with Crippen LogP contribution in [0.3, 0.4) is 0 Å². The van der Waals surface area contributed by atoms with E-state index in [-0.39, 0.29) is 12.3 Å². The Bertz CT molecular complexity index is 875. The Kier molecular flexibility index (Phi) is 7.58. The lowest BCUT2D eigenvalue weighted by atomic mass is 10.2. The van der Waals surface area contributed by atoms with E-state index in [1.165, 1.54) is 0 Å². The molecule has 0 bridgehead atoms. The van der Waals surface area contributed by atoms with Crippen molar-refractivity contribution >= 4 is 49.2 Å². The van der Waals surface area contributed by atoms with Crippen molar-refractivity contribution in [1.29, 1.82) is 0 Å². The van der Waals surface area contributed by atoms with E-state index in [2.05, 4.69) is 15.6 Å². The van der Waals surface area contributed by atoms with Crippen molar-refractivity contribution in [3.05, 3.63) is 35.2 Å². The number of benzene rings is 1. The number of aliphatic hydroxyl groups is 1. The Hall–Kier alpha value is -1.33. The highest BCUT2D eigenvalue weighted by molar-refractivity contribution is 7.99. The van der Waals surface area contributed by atoms with Gasteiger partial charge in [0.2, 0.25) is 10.0 Å². The summed E-state index contributed by atoms with van der Waals surface area (Å²) in [6, 6.07) is 10.0. The Labute approximate surface area is 174 Å². The molecule has 1 unspecified atom stereocenters. The fourth-order valence-corrected chi connectivity index (χ4v) is 6.48. The maximum Gasteiger partial charge on any atom is 0.215 e. The Morgan fingerprint density at radius 2 is 2.04 bits per heavy atom. The minimum atomic E-state index is -3.25. The van der Waals surface area contributed by atoms with Crippen LogP contribution in [0.15, 0.2) is 35.3 Å². The van der Waals surface area contributed by atoms with E-state index < -0.39 is 16.1 Å². The molecule has 2 heterocycles. The van der Waals surface area contributed by atoms with Crippen LogP contribution in [0.2, 0.25) is 0 Å². The molecule has 1 saturated heterocycles. The molecule has 1 aliphatic rings. The van der Waals surface area contributed by atoms with Crippen LogP contribution < -0.4 is 10.6 Å². The number of aliphatic hydroxyl groups excluding tert-OH is 1. The molecule has 0 spiro atoms. The number of nitrogens with one attached hydrogen (secondary N) is 2. The lowest BCUT2D eigenvalue weighted by Crippen LogP contribution is -2.44. The zero-order chi connectivity index (χ0) is 20.0. The summed E-state index contributed by atoms with van der Waals surface area (Å²) in [7, 11) is -1.63. The van der Waals surface area contributed by atoms with E-state index in [9.17, 15) is 13.5 Å². The number of hydrogen-bond donors (Lipinski definition) is 3. The highest BCUT2D eigenvalue weighted by Gasteiger charge is 2.23. The first-order chi connectivity index (χ1) is 13.5. The highest BCUT2D eigenvalue weighted by Crippen LogP contribution is 2.29. The van der Waals surface area contributed by atoms with Gasteiger partial charge in [0.1, 0.15) is 6.10 Å². The molecule has 1 aromatic heterocycles. The average molecular weight is 443 g/mol. The molecule has 1 atom stereocenters. The van der Waals surface area contributed by atoms with Crippen molar-refractivity contribution in [3.63, 3.8) is 0 Å². The second kappa shape index (κ2) is 9.93. The Morgan fingerprint density at radius 3 is 2.75 bits per heavy atom. The molecule has 154 valence electrons. The summed E-state index contributed by atoms with van der Waals surface area (Å²) in [5.74, 6) is 2.21. The molecule has 0 amide bonds.